The predicted molar refractivity (Wildman–Crippen MR) is 107 cm³/mol. The second-order valence-electron chi connectivity index (χ2n) is 5.29. The zero-order valence-corrected chi connectivity index (χ0v) is 18.0. The molecule has 12 nitrogen and oxygen atoms in total. The molecule has 156 valence electrons. The van der Waals surface area contributed by atoms with Crippen molar-refractivity contribution >= 4 is 58.2 Å². The van der Waals surface area contributed by atoms with Gasteiger partial charge in [-0.25, -0.2) is 10.2 Å². The predicted octanol–water partition coefficient (Wildman–Crippen LogP) is -1.79. The van der Waals surface area contributed by atoms with Crippen molar-refractivity contribution in [1.82, 2.24) is 15.4 Å². The number of carbonyl (C=O) groups is 3. The van der Waals surface area contributed by atoms with E-state index >= 15 is 0 Å². The van der Waals surface area contributed by atoms with Crippen LogP contribution in [0.3, 0.4) is 0 Å². The van der Waals surface area contributed by atoms with Crippen LogP contribution in [0.1, 0.15) is 29.8 Å². The third-order valence-electron chi connectivity index (χ3n) is 3.09. The summed E-state index contributed by atoms with van der Waals surface area (Å²) in [5.74, 6) is -3.73. The van der Waals surface area contributed by atoms with Crippen molar-refractivity contribution in [2.45, 2.75) is 13.8 Å². The molecule has 2 aromatic heterocycles. The topological polar surface area (TPSA) is 192 Å². The van der Waals surface area contributed by atoms with Gasteiger partial charge in [-0.3, -0.25) is 14.8 Å². The molecule has 2 N–H and O–H groups in total. The first-order valence-corrected chi connectivity index (χ1v) is 8.11. The van der Waals surface area contributed by atoms with Crippen molar-refractivity contribution in [3.63, 3.8) is 0 Å². The minimum atomic E-state index is -1.46. The van der Waals surface area contributed by atoms with Crippen LogP contribution in [0.2, 0.25) is 0 Å². The number of hydrogen-bond donors (Lipinski definition) is 2. The summed E-state index contributed by atoms with van der Waals surface area (Å²) < 4.78 is 0. The largest absolute Gasteiger partial charge is 2.00 e. The molecule has 2 rings (SSSR count). The summed E-state index contributed by atoms with van der Waals surface area (Å²) in [5.41, 5.74) is 2.25. The van der Waals surface area contributed by atoms with Gasteiger partial charge in [0.25, 0.3) is 5.91 Å². The SMILES string of the molecule is C/C(=N/N=C([O-])c1ccncc1)C(=O)[O-].C/C(=N/NC(=O)c1ccncc1)C(=O)O.[Mg+2]. The van der Waals surface area contributed by atoms with Crippen molar-refractivity contribution in [1.29, 1.82) is 0 Å². The second-order valence-corrected chi connectivity index (χ2v) is 5.29. The normalized spacial score (nSPS) is 11.4. The first-order valence-electron chi connectivity index (χ1n) is 8.11. The van der Waals surface area contributed by atoms with Crippen molar-refractivity contribution in [3.05, 3.63) is 60.2 Å². The maximum Gasteiger partial charge on any atom is 2.00 e. The molecule has 0 aliphatic heterocycles. The fourth-order valence-electron chi connectivity index (χ4n) is 1.46. The number of pyridine rings is 2. The van der Waals surface area contributed by atoms with Crippen LogP contribution in [0.15, 0.2) is 64.4 Å². The molecule has 0 spiro atoms. The van der Waals surface area contributed by atoms with E-state index in [1.54, 1.807) is 0 Å². The minimum Gasteiger partial charge on any atom is -0.857 e. The van der Waals surface area contributed by atoms with Crippen LogP contribution < -0.4 is 15.6 Å². The van der Waals surface area contributed by atoms with Gasteiger partial charge in [-0.2, -0.15) is 15.3 Å². The number of nitrogens with one attached hydrogen (secondary N) is 1. The number of carboxylic acid groups (broad SMARTS) is 2. The first kappa shape index (κ1) is 27.3. The van der Waals surface area contributed by atoms with E-state index in [-0.39, 0.29) is 34.5 Å². The van der Waals surface area contributed by atoms with Gasteiger partial charge >= 0.3 is 29.0 Å². The van der Waals surface area contributed by atoms with E-state index in [0.29, 0.717) is 11.1 Å². The number of hydrazone groups is 1. The van der Waals surface area contributed by atoms with Gasteiger partial charge in [-0.1, -0.05) is 0 Å². The monoisotopic (exact) mass is 436 g/mol. The summed E-state index contributed by atoms with van der Waals surface area (Å²) in [5, 5.41) is 39.8. The minimum absolute atomic E-state index is 0. The molecule has 1 amide bonds. The Morgan fingerprint density at radius 1 is 0.871 bits per heavy atom. The van der Waals surface area contributed by atoms with E-state index in [0.717, 1.165) is 0 Å². The number of rotatable bonds is 6. The van der Waals surface area contributed by atoms with Gasteiger partial charge in [0.2, 0.25) is 0 Å². The Labute approximate surface area is 192 Å². The summed E-state index contributed by atoms with van der Waals surface area (Å²) in [7, 11) is 0. The number of amides is 1. The van der Waals surface area contributed by atoms with Gasteiger partial charge in [0.15, 0.2) is 0 Å². The fourth-order valence-corrected chi connectivity index (χ4v) is 1.46. The van der Waals surface area contributed by atoms with Crippen molar-refractivity contribution in [2.24, 2.45) is 15.3 Å². The molecule has 0 saturated heterocycles. The maximum absolute atomic E-state index is 11.3. The fraction of sp³-hybridized carbons (Fsp3) is 0.111. The smallest absolute Gasteiger partial charge is 0.857 e. The number of nitrogens with zero attached hydrogens (tertiary/aromatic N) is 5. The average molecular weight is 437 g/mol. The number of hydrogen-bond acceptors (Lipinski definition) is 10. The molecule has 0 aliphatic carbocycles. The van der Waals surface area contributed by atoms with Gasteiger partial charge in [-0.15, -0.1) is 0 Å². The molecule has 0 bridgehead atoms. The molecule has 0 radical (unpaired) electrons. The van der Waals surface area contributed by atoms with Crippen molar-refractivity contribution in [3.8, 4) is 0 Å². The zero-order chi connectivity index (χ0) is 22.5. The summed E-state index contributed by atoms with van der Waals surface area (Å²) in [4.78, 5) is 39.4. The van der Waals surface area contributed by atoms with Gasteiger partial charge in [0.05, 0.1) is 11.7 Å². The molecule has 0 atom stereocenters. The molecule has 2 heterocycles. The Kier molecular flexibility index (Phi) is 12.6. The molecule has 0 saturated carbocycles. The van der Waals surface area contributed by atoms with E-state index in [1.165, 1.54) is 62.9 Å². The Morgan fingerprint density at radius 3 is 1.81 bits per heavy atom. The Bertz CT molecular complexity index is 980. The van der Waals surface area contributed by atoms with Crippen LogP contribution >= 0.6 is 0 Å². The van der Waals surface area contributed by atoms with Gasteiger partial charge < -0.3 is 20.1 Å². The number of aliphatic carboxylic acids is 2. The van der Waals surface area contributed by atoms with Crippen LogP contribution in [-0.2, 0) is 9.59 Å². The van der Waals surface area contributed by atoms with Crippen LogP contribution in [0.4, 0.5) is 0 Å². The molecular formula is C18H16MgN6O6. The van der Waals surface area contributed by atoms with E-state index in [1.807, 2.05) is 0 Å². The number of aromatic nitrogens is 2. The molecule has 2 aromatic rings. The standard InChI is InChI=1S/2C9H9N3O3.Mg/c2*1-6(9(14)15)11-12-8(13)7-2-4-10-5-3-7;/h2*2-5H,1H3,(H,12,13)(H,14,15);/q;;+2/p-2/b2*11-6-;. The summed E-state index contributed by atoms with van der Waals surface area (Å²) in [6, 6.07) is 5.91. The van der Waals surface area contributed by atoms with E-state index < -0.39 is 23.7 Å². The quantitative estimate of drug-likeness (QED) is 0.229. The average Bonchev–Trinajstić information content (AvgIpc) is 2.76. The van der Waals surface area contributed by atoms with Crippen LogP contribution in [-0.4, -0.2) is 73.3 Å². The molecule has 31 heavy (non-hydrogen) atoms. The number of carbonyl (C=O) groups excluding carboxylic acids is 2. The van der Waals surface area contributed by atoms with Crippen LogP contribution in [0.5, 0.6) is 0 Å². The number of carboxylic acids is 2. The van der Waals surface area contributed by atoms with Crippen molar-refractivity contribution < 1.29 is 29.7 Å². The van der Waals surface area contributed by atoms with E-state index in [4.69, 9.17) is 5.11 Å². The van der Waals surface area contributed by atoms with E-state index in [2.05, 4.69) is 30.7 Å². The van der Waals surface area contributed by atoms with Gasteiger partial charge in [-0.05, 0) is 43.7 Å². The second kappa shape index (κ2) is 14.3. The van der Waals surface area contributed by atoms with Gasteiger partial charge in [0, 0.05) is 36.2 Å². The maximum atomic E-state index is 11.3. The summed E-state index contributed by atoms with van der Waals surface area (Å²) >= 11 is 0. The zero-order valence-electron chi connectivity index (χ0n) is 16.6. The Morgan fingerprint density at radius 2 is 1.35 bits per heavy atom. The van der Waals surface area contributed by atoms with Crippen LogP contribution in [0.25, 0.3) is 0 Å². The Hall–Kier alpha value is -3.71. The Balaban J connectivity index is 0.000000562. The molecule has 0 aromatic carbocycles. The summed E-state index contributed by atoms with van der Waals surface area (Å²) in [6.07, 6.45) is 5.78. The molecule has 0 unspecified atom stereocenters. The first-order chi connectivity index (χ1) is 14.2. The third-order valence-corrected chi connectivity index (χ3v) is 3.09. The van der Waals surface area contributed by atoms with Crippen LogP contribution in [0, 0.1) is 0 Å². The third kappa shape index (κ3) is 10.6. The molecular weight excluding hydrogens is 421 g/mol. The molecule has 13 heteroatoms. The van der Waals surface area contributed by atoms with Crippen molar-refractivity contribution in [2.75, 3.05) is 0 Å². The van der Waals surface area contributed by atoms with E-state index in [9.17, 15) is 24.6 Å². The summed E-state index contributed by atoms with van der Waals surface area (Å²) in [6.45, 7) is 2.48. The van der Waals surface area contributed by atoms with Gasteiger partial charge in [0.1, 0.15) is 5.71 Å². The molecule has 0 fully saturated rings. The molecule has 0 aliphatic rings.